The van der Waals surface area contributed by atoms with Crippen molar-refractivity contribution in [1.82, 2.24) is 10.7 Å². The van der Waals surface area contributed by atoms with Gasteiger partial charge >= 0.3 is 5.97 Å². The van der Waals surface area contributed by atoms with Crippen molar-refractivity contribution in [2.24, 2.45) is 39.6 Å². The first kappa shape index (κ1) is 33.9. The van der Waals surface area contributed by atoms with E-state index in [1.54, 1.807) is 6.92 Å². The maximum absolute atomic E-state index is 11.9. The lowest BCUT2D eigenvalue weighted by Crippen LogP contribution is -2.54. The highest BCUT2D eigenvalue weighted by Gasteiger charge is 2.60. The Kier molecular flexibility index (Phi) is 11.9. The normalized spacial score (nSPS) is 36.7. The number of hydrazone groups is 1. The van der Waals surface area contributed by atoms with Gasteiger partial charge in [0, 0.05) is 25.3 Å². The Morgan fingerprint density at radius 2 is 1.66 bits per heavy atom. The van der Waals surface area contributed by atoms with Crippen LogP contribution in [0.5, 0.6) is 0 Å². The monoisotopic (exact) mass is 625 g/mol. The van der Waals surface area contributed by atoms with Crippen molar-refractivity contribution < 1.29 is 9.53 Å². The average Bonchev–Trinajstić information content (AvgIpc) is 3.31. The van der Waals surface area contributed by atoms with Crippen LogP contribution >= 0.6 is 12.2 Å². The Morgan fingerprint density at radius 3 is 2.41 bits per heavy atom. The van der Waals surface area contributed by atoms with Gasteiger partial charge in [-0.3, -0.25) is 10.2 Å². The van der Waals surface area contributed by atoms with Crippen LogP contribution in [-0.2, 0) is 9.53 Å². The van der Waals surface area contributed by atoms with E-state index in [0.29, 0.717) is 34.3 Å². The number of hydrogen-bond donors (Lipinski definition) is 2. The van der Waals surface area contributed by atoms with Crippen molar-refractivity contribution >= 4 is 29.0 Å². The minimum Gasteiger partial charge on any atom is -0.462 e. The number of ether oxygens (including phenoxy) is 1. The van der Waals surface area contributed by atoms with Crippen LogP contribution in [0.25, 0.3) is 0 Å². The molecular weight excluding hydrogens is 563 g/mol. The highest BCUT2D eigenvalue weighted by Crippen LogP contribution is 2.66. The lowest BCUT2D eigenvalue weighted by Gasteiger charge is -2.58. The molecule has 2 N–H and O–H groups in total. The zero-order chi connectivity index (χ0) is 31.2. The summed E-state index contributed by atoms with van der Waals surface area (Å²) in [7, 11) is 0. The molecule has 0 amide bonds. The van der Waals surface area contributed by atoms with Crippen LogP contribution in [0.1, 0.15) is 163 Å². The molecule has 7 unspecified atom stereocenters. The third-order valence-electron chi connectivity index (χ3n) is 13.1. The number of fused-ring (bicyclic) bond motifs is 5. The van der Waals surface area contributed by atoms with Gasteiger partial charge in [-0.15, -0.1) is 0 Å². The molecule has 4 fully saturated rings. The fourth-order valence-electron chi connectivity index (χ4n) is 10.5. The number of hydrogen-bond acceptors (Lipinski definition) is 4. The molecular formula is C38H63N3O2S. The van der Waals surface area contributed by atoms with Gasteiger partial charge in [0.15, 0.2) is 5.11 Å². The van der Waals surface area contributed by atoms with Gasteiger partial charge in [0.1, 0.15) is 6.10 Å². The van der Waals surface area contributed by atoms with Gasteiger partial charge in [-0.25, -0.2) is 0 Å². The highest BCUT2D eigenvalue weighted by molar-refractivity contribution is 7.80. The second kappa shape index (κ2) is 15.4. The number of nitrogens with one attached hydrogen (secondary N) is 2. The SMILES string of the molecule is CCCCCCCCC1CCC2C3/C(=N/NC(=S)NC4CCCCCCC4)C=C4CC(OC(C)=O)CCC4(C)C3CCC12C. The lowest BCUT2D eigenvalue weighted by molar-refractivity contribution is -0.148. The summed E-state index contributed by atoms with van der Waals surface area (Å²) in [6.07, 6.45) is 29.4. The predicted molar refractivity (Wildman–Crippen MR) is 187 cm³/mol. The summed E-state index contributed by atoms with van der Waals surface area (Å²) in [4.78, 5) is 11.9. The molecule has 0 spiro atoms. The van der Waals surface area contributed by atoms with E-state index in [1.165, 1.54) is 127 Å². The van der Waals surface area contributed by atoms with Crippen LogP contribution in [0, 0.1) is 34.5 Å². The molecule has 0 heterocycles. The number of carbonyl (C=O) groups is 1. The third-order valence-corrected chi connectivity index (χ3v) is 13.3. The standard InChI is InChI=1S/C38H63N3O2S/c1-5-6-7-8-10-13-16-28-19-20-32-35-33(22-24-37(28,32)3)38(4)23-21-31(43-27(2)42)25-29(38)26-34(35)40-41-36(44)39-30-17-14-11-9-12-15-18-30/h26,28,30-33,35H,5-25H2,1-4H3,(H2,39,41,44)/b40-34+. The maximum atomic E-state index is 11.9. The van der Waals surface area contributed by atoms with Crippen molar-refractivity contribution in [3.05, 3.63) is 11.6 Å². The van der Waals surface area contributed by atoms with Crippen molar-refractivity contribution in [3.8, 4) is 0 Å². The molecule has 0 aromatic rings. The Balaban J connectivity index is 1.34. The quantitative estimate of drug-likeness (QED) is 0.110. The number of carbonyl (C=O) groups excluding carboxylic acids is 1. The van der Waals surface area contributed by atoms with Gasteiger partial charge < -0.3 is 10.1 Å². The second-order valence-corrected chi connectivity index (χ2v) is 16.2. The van der Waals surface area contributed by atoms with Crippen LogP contribution in [0.15, 0.2) is 16.8 Å². The van der Waals surface area contributed by atoms with E-state index >= 15 is 0 Å². The van der Waals surface area contributed by atoms with Gasteiger partial charge in [0.2, 0.25) is 0 Å². The van der Waals surface area contributed by atoms with Gasteiger partial charge in [0.05, 0.1) is 5.71 Å². The van der Waals surface area contributed by atoms with Gasteiger partial charge in [-0.1, -0.05) is 97.0 Å². The van der Waals surface area contributed by atoms with E-state index < -0.39 is 0 Å². The van der Waals surface area contributed by atoms with Crippen LogP contribution in [-0.4, -0.2) is 28.9 Å². The average molecular weight is 626 g/mol. The molecule has 7 atom stereocenters. The smallest absolute Gasteiger partial charge is 0.302 e. The van der Waals surface area contributed by atoms with E-state index in [4.69, 9.17) is 22.1 Å². The zero-order valence-electron chi connectivity index (χ0n) is 28.6. The van der Waals surface area contributed by atoms with E-state index in [9.17, 15) is 4.79 Å². The first-order chi connectivity index (χ1) is 21.2. The minimum absolute atomic E-state index is 0.0123. The topological polar surface area (TPSA) is 62.7 Å². The molecule has 5 nitrogen and oxygen atoms in total. The fraction of sp³-hybridized carbons (Fsp3) is 0.868. The zero-order valence-corrected chi connectivity index (χ0v) is 29.4. The summed E-state index contributed by atoms with van der Waals surface area (Å²) in [6, 6.07) is 0.453. The van der Waals surface area contributed by atoms with Crippen LogP contribution < -0.4 is 10.7 Å². The molecule has 0 aliphatic heterocycles. The van der Waals surface area contributed by atoms with E-state index in [0.717, 1.165) is 25.2 Å². The first-order valence-electron chi connectivity index (χ1n) is 18.8. The van der Waals surface area contributed by atoms with Crippen LogP contribution in [0.3, 0.4) is 0 Å². The summed E-state index contributed by atoms with van der Waals surface area (Å²) in [5.74, 6) is 2.43. The fourth-order valence-corrected chi connectivity index (χ4v) is 10.7. The van der Waals surface area contributed by atoms with Crippen molar-refractivity contribution in [1.29, 1.82) is 0 Å². The molecule has 0 radical (unpaired) electrons. The molecule has 4 saturated carbocycles. The van der Waals surface area contributed by atoms with Gasteiger partial charge in [-0.2, -0.15) is 5.10 Å². The molecule has 248 valence electrons. The van der Waals surface area contributed by atoms with E-state index in [1.807, 2.05) is 0 Å². The Hall–Kier alpha value is -1.43. The molecule has 0 saturated heterocycles. The molecule has 0 aromatic carbocycles. The Morgan fingerprint density at radius 1 is 0.932 bits per heavy atom. The largest absolute Gasteiger partial charge is 0.462 e. The molecule has 5 rings (SSSR count). The first-order valence-corrected chi connectivity index (χ1v) is 19.2. The second-order valence-electron chi connectivity index (χ2n) is 15.8. The van der Waals surface area contributed by atoms with Crippen LogP contribution in [0.4, 0.5) is 0 Å². The Labute approximate surface area is 274 Å². The van der Waals surface area contributed by atoms with Crippen molar-refractivity contribution in [3.63, 3.8) is 0 Å². The predicted octanol–water partition coefficient (Wildman–Crippen LogP) is 9.79. The number of rotatable bonds is 10. The minimum atomic E-state index is -0.162. The van der Waals surface area contributed by atoms with E-state index in [-0.39, 0.29) is 17.5 Å². The summed E-state index contributed by atoms with van der Waals surface area (Å²) >= 11 is 5.84. The summed E-state index contributed by atoms with van der Waals surface area (Å²) in [5, 5.41) is 9.49. The maximum Gasteiger partial charge on any atom is 0.302 e. The molecule has 5 aliphatic rings. The molecule has 0 bridgehead atoms. The van der Waals surface area contributed by atoms with Crippen molar-refractivity contribution in [2.45, 2.75) is 175 Å². The summed E-state index contributed by atoms with van der Waals surface area (Å²) in [6.45, 7) is 9.02. The van der Waals surface area contributed by atoms with Gasteiger partial charge in [-0.05, 0) is 105 Å². The molecule has 44 heavy (non-hydrogen) atoms. The van der Waals surface area contributed by atoms with Gasteiger partial charge in [0.25, 0.3) is 0 Å². The summed E-state index contributed by atoms with van der Waals surface area (Å²) < 4.78 is 5.76. The highest BCUT2D eigenvalue weighted by atomic mass is 32.1. The number of esters is 1. The lowest BCUT2D eigenvalue weighted by atomic mass is 9.47. The molecule has 0 aromatic heterocycles. The van der Waals surface area contributed by atoms with Crippen molar-refractivity contribution in [2.75, 3.05) is 0 Å². The number of unbranched alkanes of at least 4 members (excludes halogenated alkanes) is 5. The Bertz CT molecular complexity index is 1050. The molecule has 5 aliphatic carbocycles. The number of nitrogens with zero attached hydrogens (tertiary/aromatic N) is 1. The molecule has 6 heteroatoms. The van der Waals surface area contributed by atoms with Crippen LogP contribution in [0.2, 0.25) is 0 Å². The number of thiocarbonyl (C=S) groups is 1. The number of allylic oxidation sites excluding steroid dienone is 1. The van der Waals surface area contributed by atoms with E-state index in [2.05, 4.69) is 37.6 Å². The summed E-state index contributed by atoms with van der Waals surface area (Å²) in [5.41, 5.74) is 6.58. The third kappa shape index (κ3) is 7.74.